The Morgan fingerprint density at radius 1 is 0.382 bits per heavy atom. The summed E-state index contributed by atoms with van der Waals surface area (Å²) in [6.07, 6.45) is 10.7. The molecule has 9 N–H and O–H groups in total. The van der Waals surface area contributed by atoms with Gasteiger partial charge in [-0.2, -0.15) is 29.9 Å². The van der Waals surface area contributed by atoms with Crippen LogP contribution in [0, 0.1) is 5.92 Å². The fourth-order valence-corrected chi connectivity index (χ4v) is 8.82. The van der Waals surface area contributed by atoms with Crippen LogP contribution in [0.4, 0.5) is 35.7 Å². The van der Waals surface area contributed by atoms with E-state index >= 15 is 0 Å². The third-order valence-electron chi connectivity index (χ3n) is 12.8. The van der Waals surface area contributed by atoms with Gasteiger partial charge in [0, 0.05) is 115 Å². The first kappa shape index (κ1) is 38.0. The standard InChI is InChI=1S/C37H63N17O/c38-26-3-15-50(16-4-26)33-43-32(44-34(45-33)51-17-5-27(39)6-18-51)49-13-1-25(2-14-49)31(55)42-30-11-23-54(24-12-30)37-47-35(52-19-7-28(40)8-20-52)46-36(48-37)53-21-9-29(41)10-22-53/h25-30H,1-24,38-41H2,(H,42,55). The van der Waals surface area contributed by atoms with Crippen LogP contribution in [0.3, 0.4) is 0 Å². The van der Waals surface area contributed by atoms with Crippen LogP contribution in [0.25, 0.3) is 0 Å². The molecule has 18 nitrogen and oxygen atoms in total. The van der Waals surface area contributed by atoms with Gasteiger partial charge in [-0.15, -0.1) is 0 Å². The summed E-state index contributed by atoms with van der Waals surface area (Å²) in [4.78, 5) is 57.0. The van der Waals surface area contributed by atoms with E-state index in [4.69, 9.17) is 52.8 Å². The van der Waals surface area contributed by atoms with Gasteiger partial charge in [0.25, 0.3) is 0 Å². The molecule has 2 aromatic rings. The van der Waals surface area contributed by atoms with Crippen LogP contribution in [0.15, 0.2) is 0 Å². The lowest BCUT2D eigenvalue weighted by molar-refractivity contribution is -0.126. The Morgan fingerprint density at radius 3 is 0.855 bits per heavy atom. The summed E-state index contributed by atoms with van der Waals surface area (Å²) >= 11 is 0. The molecule has 1 amide bonds. The number of nitrogens with one attached hydrogen (secondary N) is 1. The minimum Gasteiger partial charge on any atom is -0.353 e. The maximum atomic E-state index is 13.6. The fourth-order valence-electron chi connectivity index (χ4n) is 8.82. The van der Waals surface area contributed by atoms with Gasteiger partial charge in [-0.25, -0.2) is 0 Å². The largest absolute Gasteiger partial charge is 0.353 e. The second-order valence-corrected chi connectivity index (χ2v) is 16.8. The molecule has 6 fully saturated rings. The number of carbonyl (C=O) groups excluding carboxylic acids is 1. The molecule has 55 heavy (non-hydrogen) atoms. The Bertz CT molecular complexity index is 1490. The van der Waals surface area contributed by atoms with Crippen molar-refractivity contribution in [2.45, 2.75) is 107 Å². The molecule has 0 bridgehead atoms. The van der Waals surface area contributed by atoms with Crippen molar-refractivity contribution in [3.05, 3.63) is 0 Å². The van der Waals surface area contributed by atoms with Gasteiger partial charge in [0.1, 0.15) is 0 Å². The van der Waals surface area contributed by atoms with Crippen LogP contribution in [-0.2, 0) is 4.79 Å². The lowest BCUT2D eigenvalue weighted by Gasteiger charge is -2.37. The van der Waals surface area contributed by atoms with Crippen molar-refractivity contribution in [2.24, 2.45) is 28.9 Å². The molecule has 0 aliphatic carbocycles. The van der Waals surface area contributed by atoms with Crippen LogP contribution in [-0.4, -0.2) is 145 Å². The van der Waals surface area contributed by atoms with Crippen LogP contribution in [0.2, 0.25) is 0 Å². The van der Waals surface area contributed by atoms with E-state index < -0.39 is 0 Å². The molecule has 0 aromatic carbocycles. The van der Waals surface area contributed by atoms with E-state index in [0.29, 0.717) is 5.95 Å². The first-order valence-electron chi connectivity index (χ1n) is 21.1. The minimum absolute atomic E-state index is 0.0359. The van der Waals surface area contributed by atoms with Crippen molar-refractivity contribution in [2.75, 3.05) is 108 Å². The van der Waals surface area contributed by atoms with Crippen LogP contribution >= 0.6 is 0 Å². The van der Waals surface area contributed by atoms with E-state index in [-0.39, 0.29) is 42.0 Å². The predicted octanol–water partition coefficient (Wildman–Crippen LogP) is -0.232. The Labute approximate surface area is 325 Å². The number of piperidine rings is 6. The Balaban J connectivity index is 0.869. The van der Waals surface area contributed by atoms with Crippen LogP contribution < -0.4 is 57.7 Å². The van der Waals surface area contributed by atoms with Gasteiger partial charge in [0.2, 0.25) is 41.6 Å². The summed E-state index contributed by atoms with van der Waals surface area (Å²) in [6.45, 7) is 9.78. The molecule has 0 atom stereocenters. The molecule has 302 valence electrons. The van der Waals surface area contributed by atoms with Gasteiger partial charge in [0.05, 0.1) is 0 Å². The molecule has 2 aromatic heterocycles. The summed E-state index contributed by atoms with van der Waals surface area (Å²) < 4.78 is 0. The normalized spacial score (nSPS) is 23.9. The summed E-state index contributed by atoms with van der Waals surface area (Å²) in [7, 11) is 0. The Kier molecular flexibility index (Phi) is 11.8. The average Bonchev–Trinajstić information content (AvgIpc) is 3.22. The summed E-state index contributed by atoms with van der Waals surface area (Å²) in [5.74, 6) is 4.47. The van der Waals surface area contributed by atoms with Crippen LogP contribution in [0.1, 0.15) is 77.0 Å². The first-order valence-corrected chi connectivity index (χ1v) is 21.1. The maximum Gasteiger partial charge on any atom is 0.231 e. The SMILES string of the molecule is NC1CCN(c2nc(N3CCC(N)CC3)nc(N3CCC(NC(=O)C4CCN(c5nc(N6CCC(N)CC6)nc(N6CCC(N)CC6)n5)CC4)CC3)n2)CC1. The number of rotatable bonds is 8. The zero-order valence-corrected chi connectivity index (χ0v) is 32.5. The third kappa shape index (κ3) is 9.24. The molecule has 0 radical (unpaired) electrons. The Morgan fingerprint density at radius 2 is 0.600 bits per heavy atom. The van der Waals surface area contributed by atoms with Gasteiger partial charge in [-0.1, -0.05) is 0 Å². The van der Waals surface area contributed by atoms with Crippen molar-refractivity contribution < 1.29 is 4.79 Å². The highest BCUT2D eigenvalue weighted by Gasteiger charge is 2.32. The van der Waals surface area contributed by atoms with Gasteiger partial charge < -0.3 is 57.7 Å². The molecular formula is C37H63N17O. The molecule has 8 rings (SSSR count). The molecule has 0 unspecified atom stereocenters. The number of nitrogens with zero attached hydrogens (tertiary/aromatic N) is 12. The lowest BCUT2D eigenvalue weighted by atomic mass is 9.95. The zero-order chi connectivity index (χ0) is 37.9. The zero-order valence-electron chi connectivity index (χ0n) is 32.5. The molecular weight excluding hydrogens is 699 g/mol. The second kappa shape index (κ2) is 17.1. The highest BCUT2D eigenvalue weighted by Crippen LogP contribution is 2.29. The molecule has 0 spiro atoms. The van der Waals surface area contributed by atoms with E-state index in [2.05, 4.69) is 34.7 Å². The number of aromatic nitrogens is 6. The fraction of sp³-hybridized carbons (Fsp3) is 0.811. The average molecular weight is 762 g/mol. The highest BCUT2D eigenvalue weighted by molar-refractivity contribution is 5.79. The van der Waals surface area contributed by atoms with Crippen molar-refractivity contribution in [3.63, 3.8) is 0 Å². The van der Waals surface area contributed by atoms with E-state index in [0.717, 1.165) is 185 Å². The molecule has 6 aliphatic rings. The second-order valence-electron chi connectivity index (χ2n) is 16.8. The van der Waals surface area contributed by atoms with E-state index in [1.807, 2.05) is 0 Å². The van der Waals surface area contributed by atoms with Crippen LogP contribution in [0.5, 0.6) is 0 Å². The molecule has 0 saturated carbocycles. The van der Waals surface area contributed by atoms with Crippen molar-refractivity contribution >= 4 is 41.6 Å². The van der Waals surface area contributed by atoms with E-state index in [9.17, 15) is 4.79 Å². The summed E-state index contributed by atoms with van der Waals surface area (Å²) in [5.41, 5.74) is 24.9. The molecule has 6 saturated heterocycles. The molecule has 6 aliphatic heterocycles. The number of anilines is 6. The first-order chi connectivity index (χ1) is 26.7. The van der Waals surface area contributed by atoms with Crippen molar-refractivity contribution in [1.29, 1.82) is 0 Å². The number of nitrogens with two attached hydrogens (primary N) is 4. The number of amides is 1. The van der Waals surface area contributed by atoms with Gasteiger partial charge in [-0.3, -0.25) is 4.79 Å². The maximum absolute atomic E-state index is 13.6. The predicted molar refractivity (Wildman–Crippen MR) is 216 cm³/mol. The summed E-state index contributed by atoms with van der Waals surface area (Å²) in [6, 6.07) is 1.04. The van der Waals surface area contributed by atoms with Gasteiger partial charge >= 0.3 is 0 Å². The van der Waals surface area contributed by atoms with Crippen molar-refractivity contribution in [3.8, 4) is 0 Å². The summed E-state index contributed by atoms with van der Waals surface area (Å²) in [5, 5.41) is 3.41. The topological polar surface area (TPSA) is 230 Å². The quantitative estimate of drug-likeness (QED) is 0.234. The van der Waals surface area contributed by atoms with E-state index in [1.165, 1.54) is 0 Å². The highest BCUT2D eigenvalue weighted by atomic mass is 16.2. The monoisotopic (exact) mass is 762 g/mol. The Hall–Kier alpha value is -3.87. The van der Waals surface area contributed by atoms with Crippen molar-refractivity contribution in [1.82, 2.24) is 35.2 Å². The van der Waals surface area contributed by atoms with Gasteiger partial charge in [-0.05, 0) is 77.0 Å². The molecule has 8 heterocycles. The third-order valence-corrected chi connectivity index (χ3v) is 12.8. The van der Waals surface area contributed by atoms with Gasteiger partial charge in [0.15, 0.2) is 0 Å². The number of hydrogen-bond donors (Lipinski definition) is 5. The lowest BCUT2D eigenvalue weighted by Crippen LogP contribution is -2.49. The van der Waals surface area contributed by atoms with E-state index in [1.54, 1.807) is 0 Å². The molecule has 18 heteroatoms. The number of carbonyl (C=O) groups is 1. The smallest absolute Gasteiger partial charge is 0.231 e. The number of hydrogen-bond acceptors (Lipinski definition) is 17. The minimum atomic E-state index is -0.0359.